The maximum atomic E-state index is 12.1. The first-order chi connectivity index (χ1) is 12.5. The van der Waals surface area contributed by atoms with E-state index in [-0.39, 0.29) is 35.8 Å². The van der Waals surface area contributed by atoms with E-state index in [9.17, 15) is 9.59 Å². The van der Waals surface area contributed by atoms with E-state index >= 15 is 0 Å². The molecule has 150 valence electrons. The van der Waals surface area contributed by atoms with Crippen LogP contribution in [0.4, 0.5) is 4.79 Å². The number of imide groups is 1. The van der Waals surface area contributed by atoms with Crippen LogP contribution in [0.2, 0.25) is 0 Å². The number of piperidine rings is 1. The van der Waals surface area contributed by atoms with Gasteiger partial charge in [0.15, 0.2) is 5.96 Å². The van der Waals surface area contributed by atoms with E-state index in [1.165, 1.54) is 6.33 Å². The molecule has 1 atom stereocenters. The molecule has 0 radical (unpaired) electrons. The van der Waals surface area contributed by atoms with Crippen molar-refractivity contribution in [1.29, 1.82) is 0 Å². The van der Waals surface area contributed by atoms with Gasteiger partial charge in [-0.05, 0) is 32.6 Å². The second-order valence-corrected chi connectivity index (χ2v) is 6.77. The quantitative estimate of drug-likeness (QED) is 0.235. The van der Waals surface area contributed by atoms with Crippen molar-refractivity contribution in [2.24, 2.45) is 10.9 Å². The van der Waals surface area contributed by atoms with Gasteiger partial charge in [-0.2, -0.15) is 5.10 Å². The van der Waals surface area contributed by atoms with Gasteiger partial charge in [-0.3, -0.25) is 19.8 Å². The molecule has 0 spiro atoms. The molecule has 0 saturated carbocycles. The second kappa shape index (κ2) is 9.33. The van der Waals surface area contributed by atoms with E-state index in [2.05, 4.69) is 35.9 Å². The Bertz CT molecular complexity index is 672. The number of halogens is 1. The van der Waals surface area contributed by atoms with Crippen molar-refractivity contribution in [3.8, 4) is 0 Å². The molecule has 27 heavy (non-hydrogen) atoms. The Morgan fingerprint density at radius 2 is 2.15 bits per heavy atom. The number of nitrogens with one attached hydrogen (secondary N) is 3. The number of aliphatic imine (C=N–C) groups is 1. The van der Waals surface area contributed by atoms with E-state index in [1.54, 1.807) is 11.0 Å². The van der Waals surface area contributed by atoms with E-state index < -0.39 is 11.6 Å². The maximum Gasteiger partial charge on any atom is 0.322 e. The number of guanidine groups is 1. The predicted octanol–water partition coefficient (Wildman–Crippen LogP) is 0.172. The molecule has 1 aromatic rings. The Kier molecular flexibility index (Phi) is 7.39. The summed E-state index contributed by atoms with van der Waals surface area (Å²) in [5.41, 5.74) is -0.814. The van der Waals surface area contributed by atoms with Crippen LogP contribution in [-0.2, 0) is 11.3 Å². The summed E-state index contributed by atoms with van der Waals surface area (Å²) in [4.78, 5) is 34.4. The number of likely N-dealkylation sites (tertiary alicyclic amines) is 1. The summed E-state index contributed by atoms with van der Waals surface area (Å²) >= 11 is 0. The lowest BCUT2D eigenvalue weighted by Gasteiger charge is -2.39. The van der Waals surface area contributed by atoms with Crippen LogP contribution in [-0.4, -0.2) is 69.3 Å². The zero-order valence-corrected chi connectivity index (χ0v) is 18.0. The highest BCUT2D eigenvalue weighted by molar-refractivity contribution is 14.0. The predicted molar refractivity (Wildman–Crippen MR) is 111 cm³/mol. The van der Waals surface area contributed by atoms with Crippen molar-refractivity contribution in [3.05, 3.63) is 12.7 Å². The summed E-state index contributed by atoms with van der Waals surface area (Å²) < 4.78 is 1.75. The molecule has 10 nitrogen and oxygen atoms in total. The second-order valence-electron chi connectivity index (χ2n) is 6.77. The molecule has 11 heteroatoms. The van der Waals surface area contributed by atoms with Gasteiger partial charge in [0, 0.05) is 19.6 Å². The Morgan fingerprint density at radius 1 is 1.41 bits per heavy atom. The maximum absolute atomic E-state index is 12.1. The average molecular weight is 490 g/mol. The Labute approximate surface area is 175 Å². The van der Waals surface area contributed by atoms with Crippen LogP contribution in [0.3, 0.4) is 0 Å². The molecule has 2 aliphatic heterocycles. The molecule has 1 aromatic heterocycles. The molecular weight excluding hydrogens is 463 g/mol. The third kappa shape index (κ3) is 4.87. The highest BCUT2D eigenvalue weighted by Gasteiger charge is 2.48. The molecule has 2 fully saturated rings. The van der Waals surface area contributed by atoms with Gasteiger partial charge in [-0.15, -0.1) is 24.0 Å². The summed E-state index contributed by atoms with van der Waals surface area (Å²) in [5.74, 6) is 0.758. The van der Waals surface area contributed by atoms with E-state index in [0.717, 1.165) is 38.4 Å². The van der Waals surface area contributed by atoms with Crippen LogP contribution in [0.1, 0.15) is 26.7 Å². The molecule has 3 rings (SSSR count). The van der Waals surface area contributed by atoms with Crippen molar-refractivity contribution in [3.63, 3.8) is 0 Å². The zero-order valence-electron chi connectivity index (χ0n) is 15.6. The molecule has 3 heterocycles. The van der Waals surface area contributed by atoms with Gasteiger partial charge in [-0.1, -0.05) is 0 Å². The van der Waals surface area contributed by atoms with Crippen LogP contribution in [0.5, 0.6) is 0 Å². The SMILES string of the molecule is CCNC(=NCCn1cncn1)N1CCC(C2(C)NC(=O)NC2=O)CC1.I. The molecule has 0 aromatic carbocycles. The van der Waals surface area contributed by atoms with Crippen molar-refractivity contribution in [1.82, 2.24) is 35.6 Å². The van der Waals surface area contributed by atoms with E-state index in [4.69, 9.17) is 0 Å². The number of hydrogen-bond acceptors (Lipinski definition) is 5. The third-order valence-electron chi connectivity index (χ3n) is 5.08. The summed E-state index contributed by atoms with van der Waals surface area (Å²) in [6, 6.07) is -0.400. The van der Waals surface area contributed by atoms with Gasteiger partial charge in [-0.25, -0.2) is 9.78 Å². The number of nitrogens with zero attached hydrogens (tertiary/aromatic N) is 5. The first-order valence-electron chi connectivity index (χ1n) is 9.02. The number of carbonyl (C=O) groups is 2. The standard InChI is InChI=1S/C16H26N8O2.HI/c1-3-18-14(19-6-9-24-11-17-10-20-24)23-7-4-12(5-8-23)16(2)13(25)21-15(26)22-16;/h10-12H,3-9H2,1-2H3,(H,18,19)(H2,21,22,25,26);1H. The normalized spacial score (nSPS) is 23.6. The highest BCUT2D eigenvalue weighted by atomic mass is 127. The monoisotopic (exact) mass is 490 g/mol. The number of rotatable bonds is 5. The number of aromatic nitrogens is 3. The summed E-state index contributed by atoms with van der Waals surface area (Å²) in [6.45, 7) is 7.51. The van der Waals surface area contributed by atoms with Crippen LogP contribution in [0, 0.1) is 5.92 Å². The van der Waals surface area contributed by atoms with Crippen LogP contribution in [0.25, 0.3) is 0 Å². The van der Waals surface area contributed by atoms with Crippen molar-refractivity contribution in [2.45, 2.75) is 38.8 Å². The largest absolute Gasteiger partial charge is 0.357 e. The summed E-state index contributed by atoms with van der Waals surface area (Å²) in [5, 5.41) is 12.5. The highest BCUT2D eigenvalue weighted by Crippen LogP contribution is 2.30. The first-order valence-corrected chi connectivity index (χ1v) is 9.02. The Balaban J connectivity index is 0.00000261. The molecular formula is C16H27IN8O2. The molecule has 0 aliphatic carbocycles. The Hall–Kier alpha value is -1.92. The summed E-state index contributed by atoms with van der Waals surface area (Å²) in [6.07, 6.45) is 4.82. The summed E-state index contributed by atoms with van der Waals surface area (Å²) in [7, 11) is 0. The van der Waals surface area contributed by atoms with Crippen LogP contribution < -0.4 is 16.0 Å². The fourth-order valence-corrected chi connectivity index (χ4v) is 3.55. The minimum absolute atomic E-state index is 0. The molecule has 2 aliphatic rings. The number of urea groups is 1. The van der Waals surface area contributed by atoms with Crippen LogP contribution >= 0.6 is 24.0 Å². The number of carbonyl (C=O) groups excluding carboxylic acids is 2. The van der Waals surface area contributed by atoms with Gasteiger partial charge in [0.25, 0.3) is 5.91 Å². The fraction of sp³-hybridized carbons (Fsp3) is 0.688. The zero-order chi connectivity index (χ0) is 18.6. The van der Waals surface area contributed by atoms with E-state index in [0.29, 0.717) is 13.1 Å². The number of hydrogen-bond donors (Lipinski definition) is 3. The molecule has 0 bridgehead atoms. The van der Waals surface area contributed by atoms with Gasteiger partial charge in [0.1, 0.15) is 18.2 Å². The lowest BCUT2D eigenvalue weighted by molar-refractivity contribution is -0.125. The minimum Gasteiger partial charge on any atom is -0.357 e. The van der Waals surface area contributed by atoms with Gasteiger partial charge >= 0.3 is 6.03 Å². The van der Waals surface area contributed by atoms with Crippen LogP contribution in [0.15, 0.2) is 17.6 Å². The Morgan fingerprint density at radius 3 is 2.70 bits per heavy atom. The van der Waals surface area contributed by atoms with Gasteiger partial charge < -0.3 is 15.5 Å². The van der Waals surface area contributed by atoms with Crippen molar-refractivity contribution < 1.29 is 9.59 Å². The molecule has 1 unspecified atom stereocenters. The number of amides is 3. The minimum atomic E-state index is -0.814. The average Bonchev–Trinajstić information content (AvgIpc) is 3.23. The fourth-order valence-electron chi connectivity index (χ4n) is 3.55. The smallest absolute Gasteiger partial charge is 0.322 e. The molecule has 3 amide bonds. The van der Waals surface area contributed by atoms with E-state index in [1.807, 2.05) is 13.8 Å². The third-order valence-corrected chi connectivity index (χ3v) is 5.08. The first kappa shape index (κ1) is 21.4. The lowest BCUT2D eigenvalue weighted by atomic mass is 9.79. The van der Waals surface area contributed by atoms with Gasteiger partial charge in [0.2, 0.25) is 0 Å². The topological polar surface area (TPSA) is 117 Å². The molecule has 2 saturated heterocycles. The van der Waals surface area contributed by atoms with Gasteiger partial charge in [0.05, 0.1) is 13.1 Å². The van der Waals surface area contributed by atoms with Crippen molar-refractivity contribution in [2.75, 3.05) is 26.2 Å². The van der Waals surface area contributed by atoms with Crippen molar-refractivity contribution >= 4 is 41.9 Å². The lowest BCUT2D eigenvalue weighted by Crippen LogP contribution is -2.55. The molecule has 3 N–H and O–H groups in total.